The Balaban J connectivity index is 1.94. The number of carbonyl (C=O) groups excluding carboxylic acids is 3. The predicted molar refractivity (Wildman–Crippen MR) is 95.1 cm³/mol. The molecule has 1 aliphatic carbocycles. The minimum Gasteiger partial charge on any atom is -0.511 e. The molecule has 0 spiro atoms. The van der Waals surface area contributed by atoms with E-state index in [4.69, 9.17) is 11.2 Å². The van der Waals surface area contributed by atoms with E-state index in [-0.39, 0.29) is 67.1 Å². The van der Waals surface area contributed by atoms with Crippen LogP contribution in [0.2, 0.25) is 0 Å². The van der Waals surface area contributed by atoms with E-state index in [1.54, 1.807) is 25.1 Å². The molecule has 2 aliphatic rings. The van der Waals surface area contributed by atoms with Crippen molar-refractivity contribution in [1.82, 2.24) is 0 Å². The SMILES string of the molecule is C#CCN1C(=O)COc2ccc(C3CC(=O)C(C(=O)CC)=C(O)C3)cc21. The molecule has 1 unspecified atom stereocenters. The van der Waals surface area contributed by atoms with Crippen LogP contribution in [0.4, 0.5) is 5.69 Å². The monoisotopic (exact) mass is 353 g/mol. The lowest BCUT2D eigenvalue weighted by Crippen LogP contribution is -2.39. The molecule has 1 atom stereocenters. The maximum absolute atomic E-state index is 12.3. The number of allylic oxidation sites excluding steroid dienone is 2. The number of ketones is 2. The molecule has 0 fully saturated rings. The van der Waals surface area contributed by atoms with Crippen molar-refractivity contribution in [3.05, 3.63) is 35.1 Å². The molecule has 1 aliphatic heterocycles. The number of aliphatic hydroxyl groups excluding tert-OH is 1. The summed E-state index contributed by atoms with van der Waals surface area (Å²) in [5.74, 6) is 1.65. The van der Waals surface area contributed by atoms with Gasteiger partial charge < -0.3 is 9.84 Å². The summed E-state index contributed by atoms with van der Waals surface area (Å²) in [5, 5.41) is 10.2. The molecule has 1 aromatic carbocycles. The number of hydrogen-bond donors (Lipinski definition) is 1. The van der Waals surface area contributed by atoms with Crippen LogP contribution in [-0.4, -0.2) is 35.7 Å². The van der Waals surface area contributed by atoms with Gasteiger partial charge in [0, 0.05) is 19.3 Å². The van der Waals surface area contributed by atoms with E-state index in [1.165, 1.54) is 4.90 Å². The van der Waals surface area contributed by atoms with Crippen LogP contribution in [0.1, 0.15) is 37.7 Å². The Morgan fingerprint density at radius 1 is 1.38 bits per heavy atom. The summed E-state index contributed by atoms with van der Waals surface area (Å²) >= 11 is 0. The zero-order valence-electron chi connectivity index (χ0n) is 14.4. The van der Waals surface area contributed by atoms with Gasteiger partial charge in [-0.1, -0.05) is 18.9 Å². The molecule has 1 N–H and O–H groups in total. The molecular formula is C20H19NO5. The maximum Gasteiger partial charge on any atom is 0.265 e. The van der Waals surface area contributed by atoms with Crippen molar-refractivity contribution in [3.8, 4) is 18.1 Å². The molecular weight excluding hydrogens is 334 g/mol. The molecule has 26 heavy (non-hydrogen) atoms. The molecule has 0 bridgehead atoms. The van der Waals surface area contributed by atoms with Gasteiger partial charge in [-0.15, -0.1) is 6.42 Å². The number of benzene rings is 1. The van der Waals surface area contributed by atoms with Gasteiger partial charge in [-0.05, 0) is 23.6 Å². The van der Waals surface area contributed by atoms with Crippen molar-refractivity contribution in [3.63, 3.8) is 0 Å². The average molecular weight is 353 g/mol. The Morgan fingerprint density at radius 2 is 2.15 bits per heavy atom. The molecule has 1 aromatic rings. The zero-order valence-corrected chi connectivity index (χ0v) is 14.4. The summed E-state index contributed by atoms with van der Waals surface area (Å²) in [6.07, 6.45) is 5.86. The topological polar surface area (TPSA) is 83.9 Å². The van der Waals surface area contributed by atoms with E-state index in [0.717, 1.165) is 5.56 Å². The van der Waals surface area contributed by atoms with Gasteiger partial charge in [-0.3, -0.25) is 19.3 Å². The van der Waals surface area contributed by atoms with Crippen molar-refractivity contribution in [2.45, 2.75) is 32.1 Å². The second kappa shape index (κ2) is 7.04. The minimum atomic E-state index is -0.351. The van der Waals surface area contributed by atoms with E-state index in [0.29, 0.717) is 11.4 Å². The highest BCUT2D eigenvalue weighted by molar-refractivity contribution is 6.21. The summed E-state index contributed by atoms with van der Waals surface area (Å²) in [7, 11) is 0. The zero-order chi connectivity index (χ0) is 18.8. The first kappa shape index (κ1) is 17.7. The van der Waals surface area contributed by atoms with Crippen LogP contribution in [-0.2, 0) is 14.4 Å². The van der Waals surface area contributed by atoms with Gasteiger partial charge in [0.2, 0.25) is 0 Å². The summed E-state index contributed by atoms with van der Waals surface area (Å²) < 4.78 is 5.43. The number of carbonyl (C=O) groups is 3. The van der Waals surface area contributed by atoms with Crippen molar-refractivity contribution >= 4 is 23.2 Å². The Kier molecular flexibility index (Phi) is 4.81. The third kappa shape index (κ3) is 3.08. The third-order valence-corrected chi connectivity index (χ3v) is 4.69. The number of aliphatic hydroxyl groups is 1. The molecule has 134 valence electrons. The largest absolute Gasteiger partial charge is 0.511 e. The number of ether oxygens (including phenoxy) is 1. The van der Waals surface area contributed by atoms with Crippen molar-refractivity contribution in [1.29, 1.82) is 0 Å². The molecule has 0 aromatic heterocycles. The van der Waals surface area contributed by atoms with Crippen LogP contribution in [0, 0.1) is 12.3 Å². The lowest BCUT2D eigenvalue weighted by molar-refractivity contribution is -0.123. The third-order valence-electron chi connectivity index (χ3n) is 4.69. The van der Waals surface area contributed by atoms with Crippen LogP contribution >= 0.6 is 0 Å². The second-order valence-corrected chi connectivity index (χ2v) is 6.33. The van der Waals surface area contributed by atoms with Crippen molar-refractivity contribution in [2.24, 2.45) is 0 Å². The van der Waals surface area contributed by atoms with Gasteiger partial charge >= 0.3 is 0 Å². The number of nitrogens with zero attached hydrogens (tertiary/aromatic N) is 1. The van der Waals surface area contributed by atoms with Crippen LogP contribution in [0.3, 0.4) is 0 Å². The van der Waals surface area contributed by atoms with E-state index >= 15 is 0 Å². The number of terminal acetylenes is 1. The number of hydrogen-bond acceptors (Lipinski definition) is 5. The highest BCUT2D eigenvalue weighted by Gasteiger charge is 2.33. The first-order valence-electron chi connectivity index (χ1n) is 8.45. The lowest BCUT2D eigenvalue weighted by Gasteiger charge is -2.30. The van der Waals surface area contributed by atoms with Gasteiger partial charge in [-0.25, -0.2) is 0 Å². The van der Waals surface area contributed by atoms with E-state index in [1.807, 2.05) is 0 Å². The highest BCUT2D eigenvalue weighted by atomic mass is 16.5. The fourth-order valence-corrected chi connectivity index (χ4v) is 3.36. The second-order valence-electron chi connectivity index (χ2n) is 6.33. The van der Waals surface area contributed by atoms with E-state index < -0.39 is 0 Å². The standard InChI is InChI=1S/C20H19NO5/c1-3-7-21-14-8-12(5-6-18(14)26-11-19(21)25)13-9-16(23)20(15(22)4-2)17(24)10-13/h1,5-6,8,13,23H,4,7,9-11H2,2H3. The Labute approximate surface area is 151 Å². The number of fused-ring (bicyclic) bond motifs is 1. The predicted octanol–water partition coefficient (Wildman–Crippen LogP) is 2.28. The molecule has 0 saturated carbocycles. The fourth-order valence-electron chi connectivity index (χ4n) is 3.36. The normalized spacial score (nSPS) is 19.7. The van der Waals surface area contributed by atoms with Gasteiger partial charge in [-0.2, -0.15) is 0 Å². The maximum atomic E-state index is 12.3. The van der Waals surface area contributed by atoms with Crippen molar-refractivity contribution < 1.29 is 24.2 Å². The highest BCUT2D eigenvalue weighted by Crippen LogP contribution is 2.39. The van der Waals surface area contributed by atoms with Crippen LogP contribution in [0.5, 0.6) is 5.75 Å². The summed E-state index contributed by atoms with van der Waals surface area (Å²) in [5.41, 5.74) is 1.27. The van der Waals surface area contributed by atoms with Gasteiger partial charge in [0.25, 0.3) is 5.91 Å². The first-order valence-corrected chi connectivity index (χ1v) is 8.45. The molecule has 0 saturated heterocycles. The van der Waals surface area contributed by atoms with Crippen LogP contribution < -0.4 is 9.64 Å². The van der Waals surface area contributed by atoms with Crippen molar-refractivity contribution in [2.75, 3.05) is 18.1 Å². The quantitative estimate of drug-likeness (QED) is 0.663. The number of anilines is 1. The molecule has 6 nitrogen and oxygen atoms in total. The fraction of sp³-hybridized carbons (Fsp3) is 0.350. The number of rotatable bonds is 4. The van der Waals surface area contributed by atoms with Crippen LogP contribution in [0.15, 0.2) is 29.5 Å². The lowest BCUT2D eigenvalue weighted by atomic mass is 9.81. The summed E-state index contributed by atoms with van der Waals surface area (Å²) in [6, 6.07) is 5.31. The Hall–Kier alpha value is -3.07. The van der Waals surface area contributed by atoms with Crippen LogP contribution in [0.25, 0.3) is 0 Å². The number of amides is 1. The minimum absolute atomic E-state index is 0.0675. The van der Waals surface area contributed by atoms with E-state index in [9.17, 15) is 19.5 Å². The van der Waals surface area contributed by atoms with Gasteiger partial charge in [0.05, 0.1) is 17.8 Å². The first-order chi connectivity index (χ1) is 12.5. The molecule has 1 amide bonds. The Bertz CT molecular complexity index is 861. The van der Waals surface area contributed by atoms with E-state index in [2.05, 4.69) is 5.92 Å². The smallest absolute Gasteiger partial charge is 0.265 e. The summed E-state index contributed by atoms with van der Waals surface area (Å²) in [4.78, 5) is 37.7. The molecule has 3 rings (SSSR count). The summed E-state index contributed by atoms with van der Waals surface area (Å²) in [6.45, 7) is 1.72. The molecule has 0 radical (unpaired) electrons. The Morgan fingerprint density at radius 3 is 2.81 bits per heavy atom. The number of Topliss-reactive ketones (excluding diaryl/α,β-unsaturated/α-hetero) is 2. The molecule has 1 heterocycles. The van der Waals surface area contributed by atoms with Gasteiger partial charge in [0.1, 0.15) is 11.5 Å². The average Bonchev–Trinajstić information content (AvgIpc) is 2.63. The van der Waals surface area contributed by atoms with Gasteiger partial charge in [0.15, 0.2) is 18.2 Å². The molecule has 6 heteroatoms.